The molecule has 2 aromatic heterocycles. The van der Waals surface area contributed by atoms with Crippen molar-refractivity contribution in [1.29, 1.82) is 0 Å². The number of ether oxygens (including phenoxy) is 1. The number of aromatic nitrogens is 3. The van der Waals surface area contributed by atoms with Gasteiger partial charge in [-0.15, -0.1) is 0 Å². The lowest BCUT2D eigenvalue weighted by Crippen LogP contribution is -2.29. The molecule has 1 aliphatic carbocycles. The summed E-state index contributed by atoms with van der Waals surface area (Å²) in [6.45, 7) is 2.93. The first-order valence-corrected chi connectivity index (χ1v) is 8.83. The smallest absolute Gasteiger partial charge is 0.257 e. The lowest BCUT2D eigenvalue weighted by molar-refractivity contribution is 0.0739. The van der Waals surface area contributed by atoms with Gasteiger partial charge in [0.25, 0.3) is 5.91 Å². The number of carbonyl (C=O) groups excluding carboxylic acids is 1. The third-order valence-electron chi connectivity index (χ3n) is 5.05. The molecule has 130 valence electrons. The third kappa shape index (κ3) is 3.85. The standard InChI is InChI=1S/C19H22N4O2/c24-19(16-7-21-13-22-8-16)23-9-17(12-25-11-14-1-2-14)18(10-23)15-3-5-20-6-4-15/h3-8,13-14,17-18H,1-2,9-12H2/t17-,18-/m0/s1. The lowest BCUT2D eigenvalue weighted by atomic mass is 9.90. The van der Waals surface area contributed by atoms with Crippen LogP contribution in [0.5, 0.6) is 0 Å². The molecule has 2 aromatic rings. The quantitative estimate of drug-likeness (QED) is 0.807. The molecule has 1 aliphatic heterocycles. The maximum absolute atomic E-state index is 12.8. The highest BCUT2D eigenvalue weighted by atomic mass is 16.5. The fraction of sp³-hybridized carbons (Fsp3) is 0.474. The summed E-state index contributed by atoms with van der Waals surface area (Å²) < 4.78 is 5.95. The van der Waals surface area contributed by atoms with Gasteiger partial charge in [0.2, 0.25) is 0 Å². The fourth-order valence-electron chi connectivity index (χ4n) is 3.46. The SMILES string of the molecule is O=C(c1cncnc1)N1C[C@@H](COCC2CC2)[C@H](c2ccncc2)C1. The van der Waals surface area contributed by atoms with Crippen LogP contribution in [0.25, 0.3) is 0 Å². The number of pyridine rings is 1. The third-order valence-corrected chi connectivity index (χ3v) is 5.05. The molecule has 3 heterocycles. The summed E-state index contributed by atoms with van der Waals surface area (Å²) in [6, 6.07) is 4.08. The second-order valence-electron chi connectivity index (χ2n) is 6.97. The van der Waals surface area contributed by atoms with Crippen LogP contribution in [-0.2, 0) is 4.74 Å². The van der Waals surface area contributed by atoms with Gasteiger partial charge in [-0.3, -0.25) is 9.78 Å². The van der Waals surface area contributed by atoms with E-state index in [1.54, 1.807) is 12.4 Å². The van der Waals surface area contributed by atoms with E-state index >= 15 is 0 Å². The summed E-state index contributed by atoms with van der Waals surface area (Å²) in [7, 11) is 0. The van der Waals surface area contributed by atoms with Gasteiger partial charge in [0, 0.05) is 56.3 Å². The van der Waals surface area contributed by atoms with E-state index in [0.29, 0.717) is 31.2 Å². The highest BCUT2D eigenvalue weighted by Gasteiger charge is 2.37. The molecule has 2 atom stereocenters. The molecule has 1 saturated heterocycles. The monoisotopic (exact) mass is 338 g/mol. The molecule has 4 rings (SSSR count). The van der Waals surface area contributed by atoms with Gasteiger partial charge in [-0.2, -0.15) is 0 Å². The van der Waals surface area contributed by atoms with Crippen LogP contribution in [0.3, 0.4) is 0 Å². The van der Waals surface area contributed by atoms with E-state index in [1.807, 2.05) is 29.4 Å². The van der Waals surface area contributed by atoms with E-state index in [9.17, 15) is 4.79 Å². The van der Waals surface area contributed by atoms with Crippen LogP contribution in [0, 0.1) is 11.8 Å². The second kappa shape index (κ2) is 7.27. The Morgan fingerprint density at radius 1 is 1.08 bits per heavy atom. The second-order valence-corrected chi connectivity index (χ2v) is 6.97. The van der Waals surface area contributed by atoms with Gasteiger partial charge in [-0.25, -0.2) is 9.97 Å². The molecule has 1 saturated carbocycles. The largest absolute Gasteiger partial charge is 0.381 e. The van der Waals surface area contributed by atoms with Crippen LogP contribution < -0.4 is 0 Å². The minimum absolute atomic E-state index is 0.00986. The fourth-order valence-corrected chi connectivity index (χ4v) is 3.46. The Morgan fingerprint density at radius 3 is 2.56 bits per heavy atom. The number of carbonyl (C=O) groups is 1. The number of nitrogens with zero attached hydrogens (tertiary/aromatic N) is 4. The minimum atomic E-state index is -0.00986. The summed E-state index contributed by atoms with van der Waals surface area (Å²) in [5.41, 5.74) is 1.75. The Hall–Kier alpha value is -2.34. The number of hydrogen-bond acceptors (Lipinski definition) is 5. The van der Waals surface area contributed by atoms with Crippen LogP contribution in [0.1, 0.15) is 34.7 Å². The van der Waals surface area contributed by atoms with Gasteiger partial charge in [-0.05, 0) is 36.5 Å². The predicted octanol–water partition coefficient (Wildman–Crippen LogP) is 2.15. The van der Waals surface area contributed by atoms with Crippen molar-refractivity contribution in [1.82, 2.24) is 19.9 Å². The van der Waals surface area contributed by atoms with E-state index in [1.165, 1.54) is 24.7 Å². The van der Waals surface area contributed by atoms with Crippen LogP contribution in [0.15, 0.2) is 43.2 Å². The van der Waals surface area contributed by atoms with Crippen molar-refractivity contribution < 1.29 is 9.53 Å². The first-order valence-electron chi connectivity index (χ1n) is 8.83. The zero-order chi connectivity index (χ0) is 17.1. The number of hydrogen-bond donors (Lipinski definition) is 0. The Morgan fingerprint density at radius 2 is 1.84 bits per heavy atom. The molecule has 0 spiro atoms. The molecular weight excluding hydrogens is 316 g/mol. The summed E-state index contributed by atoms with van der Waals surface area (Å²) in [5, 5.41) is 0. The van der Waals surface area contributed by atoms with Crippen molar-refractivity contribution in [2.24, 2.45) is 11.8 Å². The molecule has 0 unspecified atom stereocenters. The molecule has 6 nitrogen and oxygen atoms in total. The first-order chi connectivity index (χ1) is 12.3. The molecular formula is C19H22N4O2. The van der Waals surface area contributed by atoms with Gasteiger partial charge >= 0.3 is 0 Å². The van der Waals surface area contributed by atoms with Gasteiger partial charge in [0.15, 0.2) is 0 Å². The van der Waals surface area contributed by atoms with E-state index in [0.717, 1.165) is 12.5 Å². The summed E-state index contributed by atoms with van der Waals surface area (Å²) in [5.74, 6) is 1.31. The van der Waals surface area contributed by atoms with Gasteiger partial charge in [0.05, 0.1) is 12.2 Å². The predicted molar refractivity (Wildman–Crippen MR) is 91.9 cm³/mol. The molecule has 25 heavy (non-hydrogen) atoms. The highest BCUT2D eigenvalue weighted by molar-refractivity contribution is 5.93. The highest BCUT2D eigenvalue weighted by Crippen LogP contribution is 2.34. The molecule has 0 radical (unpaired) electrons. The topological polar surface area (TPSA) is 68.2 Å². The average molecular weight is 338 g/mol. The van der Waals surface area contributed by atoms with Crippen molar-refractivity contribution in [2.75, 3.05) is 26.3 Å². The van der Waals surface area contributed by atoms with Gasteiger partial charge in [-0.1, -0.05) is 0 Å². The normalized spacial score (nSPS) is 23.0. The Bertz CT molecular complexity index is 706. The zero-order valence-electron chi connectivity index (χ0n) is 14.1. The van der Waals surface area contributed by atoms with Crippen LogP contribution >= 0.6 is 0 Å². The number of rotatable bonds is 6. The average Bonchev–Trinajstić information content (AvgIpc) is 3.40. The van der Waals surface area contributed by atoms with Gasteiger partial charge in [0.1, 0.15) is 6.33 Å². The van der Waals surface area contributed by atoms with E-state index < -0.39 is 0 Å². The van der Waals surface area contributed by atoms with Crippen LogP contribution in [0.4, 0.5) is 0 Å². The minimum Gasteiger partial charge on any atom is -0.381 e. The van der Waals surface area contributed by atoms with Crippen molar-refractivity contribution in [2.45, 2.75) is 18.8 Å². The van der Waals surface area contributed by atoms with Crippen molar-refractivity contribution >= 4 is 5.91 Å². The van der Waals surface area contributed by atoms with Crippen molar-refractivity contribution in [3.8, 4) is 0 Å². The zero-order valence-corrected chi connectivity index (χ0v) is 14.1. The Labute approximate surface area is 147 Å². The van der Waals surface area contributed by atoms with Gasteiger partial charge < -0.3 is 9.64 Å². The summed E-state index contributed by atoms with van der Waals surface area (Å²) in [6.07, 6.45) is 10.8. The number of amides is 1. The van der Waals surface area contributed by atoms with E-state index in [4.69, 9.17) is 4.74 Å². The Kier molecular flexibility index (Phi) is 4.70. The summed E-state index contributed by atoms with van der Waals surface area (Å²) in [4.78, 5) is 26.7. The molecule has 0 N–H and O–H groups in total. The lowest BCUT2D eigenvalue weighted by Gasteiger charge is -2.18. The molecule has 2 aliphatic rings. The Balaban J connectivity index is 1.48. The molecule has 1 amide bonds. The first kappa shape index (κ1) is 16.1. The van der Waals surface area contributed by atoms with E-state index in [2.05, 4.69) is 15.0 Å². The van der Waals surface area contributed by atoms with Crippen molar-refractivity contribution in [3.05, 3.63) is 54.4 Å². The molecule has 0 bridgehead atoms. The maximum Gasteiger partial charge on any atom is 0.257 e. The molecule has 6 heteroatoms. The maximum atomic E-state index is 12.8. The number of likely N-dealkylation sites (tertiary alicyclic amines) is 1. The van der Waals surface area contributed by atoms with Crippen molar-refractivity contribution in [3.63, 3.8) is 0 Å². The van der Waals surface area contributed by atoms with E-state index in [-0.39, 0.29) is 11.8 Å². The van der Waals surface area contributed by atoms with Crippen LogP contribution in [-0.4, -0.2) is 52.1 Å². The summed E-state index contributed by atoms with van der Waals surface area (Å²) >= 11 is 0. The molecule has 2 fully saturated rings. The van der Waals surface area contributed by atoms with Crippen LogP contribution in [0.2, 0.25) is 0 Å². The molecule has 0 aromatic carbocycles.